The molecule has 0 radical (unpaired) electrons. The molecule has 2 nitrogen and oxygen atoms in total. The number of benzene rings is 1. The van der Waals surface area contributed by atoms with Crippen LogP contribution in [0, 0.1) is 20.8 Å². The molecule has 1 aromatic carbocycles. The molecule has 2 heteroatoms. The fourth-order valence-electron chi connectivity index (χ4n) is 1.35. The summed E-state index contributed by atoms with van der Waals surface area (Å²) >= 11 is 0. The third-order valence-corrected chi connectivity index (χ3v) is 2.27. The molecule has 1 rings (SSSR count). The van der Waals surface area contributed by atoms with Crippen LogP contribution in [0.5, 0.6) is 5.75 Å². The normalized spacial score (nSPS) is 12.3. The third-order valence-electron chi connectivity index (χ3n) is 2.27. The first kappa shape index (κ1) is 10.8. The minimum absolute atomic E-state index is 0.380. The molecule has 0 bridgehead atoms. The number of hydrogen-bond acceptors (Lipinski definition) is 2. The Morgan fingerprint density at radius 2 is 1.93 bits per heavy atom. The molecule has 0 spiro atoms. The molecule has 0 aliphatic carbocycles. The maximum Gasteiger partial charge on any atom is 0.160 e. The second kappa shape index (κ2) is 4.27. The number of hydrogen-bond donors (Lipinski definition) is 0. The van der Waals surface area contributed by atoms with Gasteiger partial charge in [-0.1, -0.05) is 6.07 Å². The minimum Gasteiger partial charge on any atom is -0.483 e. The molecule has 0 aliphatic rings. The van der Waals surface area contributed by atoms with Crippen LogP contribution in [-0.2, 0) is 4.79 Å². The molecule has 0 heterocycles. The van der Waals surface area contributed by atoms with E-state index in [1.807, 2.05) is 26.8 Å². The van der Waals surface area contributed by atoms with Crippen molar-refractivity contribution >= 4 is 6.29 Å². The van der Waals surface area contributed by atoms with Crippen molar-refractivity contribution in [2.24, 2.45) is 0 Å². The van der Waals surface area contributed by atoms with Gasteiger partial charge in [0.1, 0.15) is 5.75 Å². The average Bonchev–Trinajstić information content (AvgIpc) is 2.13. The van der Waals surface area contributed by atoms with Gasteiger partial charge in [0.2, 0.25) is 0 Å². The number of ether oxygens (including phenoxy) is 1. The molecular formula is C12H16O2. The predicted octanol–water partition coefficient (Wildman–Crippen LogP) is 2.58. The van der Waals surface area contributed by atoms with E-state index in [9.17, 15) is 4.79 Å². The monoisotopic (exact) mass is 192 g/mol. The molecule has 0 fully saturated rings. The largest absolute Gasteiger partial charge is 0.483 e. The molecule has 76 valence electrons. The maximum atomic E-state index is 10.5. The van der Waals surface area contributed by atoms with Crippen LogP contribution in [0.4, 0.5) is 0 Å². The van der Waals surface area contributed by atoms with E-state index >= 15 is 0 Å². The molecule has 0 amide bonds. The van der Waals surface area contributed by atoms with Crippen molar-refractivity contribution in [3.63, 3.8) is 0 Å². The molecule has 1 unspecified atom stereocenters. The van der Waals surface area contributed by atoms with Crippen LogP contribution >= 0.6 is 0 Å². The Balaban J connectivity index is 3.01. The molecular weight excluding hydrogens is 176 g/mol. The van der Waals surface area contributed by atoms with Gasteiger partial charge in [-0.15, -0.1) is 0 Å². The van der Waals surface area contributed by atoms with Crippen molar-refractivity contribution in [1.82, 2.24) is 0 Å². The van der Waals surface area contributed by atoms with E-state index in [2.05, 4.69) is 6.07 Å². The highest BCUT2D eigenvalue weighted by molar-refractivity contribution is 5.56. The topological polar surface area (TPSA) is 26.3 Å². The molecule has 0 saturated heterocycles. The summed E-state index contributed by atoms with van der Waals surface area (Å²) in [7, 11) is 0. The van der Waals surface area contributed by atoms with Crippen LogP contribution in [0.15, 0.2) is 12.1 Å². The van der Waals surface area contributed by atoms with Crippen molar-refractivity contribution < 1.29 is 9.53 Å². The zero-order valence-corrected chi connectivity index (χ0v) is 9.13. The average molecular weight is 192 g/mol. The van der Waals surface area contributed by atoms with E-state index in [4.69, 9.17) is 4.74 Å². The summed E-state index contributed by atoms with van der Waals surface area (Å²) in [6.45, 7) is 7.80. The van der Waals surface area contributed by atoms with E-state index in [1.165, 1.54) is 5.56 Å². The molecule has 0 saturated carbocycles. The van der Waals surface area contributed by atoms with E-state index in [0.29, 0.717) is 0 Å². The summed E-state index contributed by atoms with van der Waals surface area (Å²) in [4.78, 5) is 10.5. The lowest BCUT2D eigenvalue weighted by Crippen LogP contribution is -2.13. The van der Waals surface area contributed by atoms with Gasteiger partial charge >= 0.3 is 0 Å². The Labute approximate surface area is 84.9 Å². The van der Waals surface area contributed by atoms with Gasteiger partial charge in [-0.3, -0.25) is 4.79 Å². The number of carbonyl (C=O) groups excluding carboxylic acids is 1. The molecule has 0 N–H and O–H groups in total. The molecule has 14 heavy (non-hydrogen) atoms. The number of carbonyl (C=O) groups is 1. The van der Waals surface area contributed by atoms with Crippen LogP contribution in [0.3, 0.4) is 0 Å². The van der Waals surface area contributed by atoms with E-state index in [1.54, 1.807) is 6.92 Å². The highest BCUT2D eigenvalue weighted by atomic mass is 16.5. The SMILES string of the molecule is Cc1cc(C)c(C)c(OC(C)C=O)c1. The molecule has 1 aromatic rings. The Hall–Kier alpha value is -1.31. The first-order valence-electron chi connectivity index (χ1n) is 4.74. The Bertz CT molecular complexity index is 342. The van der Waals surface area contributed by atoms with Crippen LogP contribution in [0.25, 0.3) is 0 Å². The number of aldehydes is 1. The van der Waals surface area contributed by atoms with Gasteiger partial charge in [0.15, 0.2) is 12.4 Å². The summed E-state index contributed by atoms with van der Waals surface area (Å²) in [5.74, 6) is 0.808. The molecule has 0 aliphatic heterocycles. The summed E-state index contributed by atoms with van der Waals surface area (Å²) in [6, 6.07) is 4.07. The second-order valence-electron chi connectivity index (χ2n) is 3.66. The fraction of sp³-hybridized carbons (Fsp3) is 0.417. The van der Waals surface area contributed by atoms with Gasteiger partial charge in [-0.2, -0.15) is 0 Å². The summed E-state index contributed by atoms with van der Waals surface area (Å²) in [5.41, 5.74) is 3.45. The van der Waals surface area contributed by atoms with Crippen molar-refractivity contribution in [3.05, 3.63) is 28.8 Å². The van der Waals surface area contributed by atoms with Crippen molar-refractivity contribution in [1.29, 1.82) is 0 Å². The Morgan fingerprint density at radius 1 is 1.29 bits per heavy atom. The number of rotatable bonds is 3. The smallest absolute Gasteiger partial charge is 0.160 e. The first-order valence-corrected chi connectivity index (χ1v) is 4.74. The fourth-order valence-corrected chi connectivity index (χ4v) is 1.35. The highest BCUT2D eigenvalue weighted by Crippen LogP contribution is 2.23. The zero-order chi connectivity index (χ0) is 10.7. The van der Waals surface area contributed by atoms with Gasteiger partial charge < -0.3 is 4.74 Å². The van der Waals surface area contributed by atoms with Crippen LogP contribution < -0.4 is 4.74 Å². The summed E-state index contributed by atoms with van der Waals surface area (Å²) < 4.78 is 5.49. The lowest BCUT2D eigenvalue weighted by atomic mass is 10.1. The Kier molecular flexibility index (Phi) is 3.28. The van der Waals surface area contributed by atoms with Crippen molar-refractivity contribution in [3.8, 4) is 5.75 Å². The lowest BCUT2D eigenvalue weighted by molar-refractivity contribution is -0.113. The standard InChI is InChI=1S/C12H16O2/c1-8-5-9(2)11(4)12(6-8)14-10(3)7-13/h5-7,10H,1-4H3. The van der Waals surface area contributed by atoms with Crippen molar-refractivity contribution in [2.75, 3.05) is 0 Å². The zero-order valence-electron chi connectivity index (χ0n) is 9.13. The summed E-state index contributed by atoms with van der Waals surface area (Å²) in [6.07, 6.45) is 0.423. The van der Waals surface area contributed by atoms with E-state index in [0.717, 1.165) is 23.2 Å². The van der Waals surface area contributed by atoms with Crippen molar-refractivity contribution in [2.45, 2.75) is 33.8 Å². The van der Waals surface area contributed by atoms with Gasteiger partial charge in [-0.05, 0) is 50.5 Å². The molecule has 0 aromatic heterocycles. The predicted molar refractivity (Wildman–Crippen MR) is 56.8 cm³/mol. The van der Waals surface area contributed by atoms with Crippen LogP contribution in [-0.4, -0.2) is 12.4 Å². The Morgan fingerprint density at radius 3 is 2.50 bits per heavy atom. The minimum atomic E-state index is -0.380. The first-order chi connectivity index (χ1) is 6.54. The van der Waals surface area contributed by atoms with Crippen LogP contribution in [0.2, 0.25) is 0 Å². The second-order valence-corrected chi connectivity index (χ2v) is 3.66. The maximum absolute atomic E-state index is 10.5. The van der Waals surface area contributed by atoms with Gasteiger partial charge in [0.25, 0.3) is 0 Å². The van der Waals surface area contributed by atoms with Gasteiger partial charge in [0, 0.05) is 0 Å². The lowest BCUT2D eigenvalue weighted by Gasteiger charge is -2.14. The molecule has 1 atom stereocenters. The van der Waals surface area contributed by atoms with Gasteiger partial charge in [-0.25, -0.2) is 0 Å². The third kappa shape index (κ3) is 2.34. The number of aryl methyl sites for hydroxylation is 2. The highest BCUT2D eigenvalue weighted by Gasteiger charge is 2.07. The van der Waals surface area contributed by atoms with Crippen LogP contribution in [0.1, 0.15) is 23.6 Å². The quantitative estimate of drug-likeness (QED) is 0.688. The summed E-state index contributed by atoms with van der Waals surface area (Å²) in [5, 5.41) is 0. The van der Waals surface area contributed by atoms with E-state index in [-0.39, 0.29) is 6.10 Å². The van der Waals surface area contributed by atoms with Gasteiger partial charge in [0.05, 0.1) is 0 Å². The van der Waals surface area contributed by atoms with E-state index < -0.39 is 0 Å².